The van der Waals surface area contributed by atoms with Gasteiger partial charge in [-0.3, -0.25) is 14.6 Å². The lowest BCUT2D eigenvalue weighted by atomic mass is 9.99. The number of carbonyl (C=O) groups is 2. The third-order valence-corrected chi connectivity index (χ3v) is 3.88. The van der Waals surface area contributed by atoms with E-state index in [1.807, 2.05) is 27.7 Å². The number of Topliss-reactive ketones (excluding diaryl/α,β-unsaturated/α-hetero) is 2. The van der Waals surface area contributed by atoms with Crippen molar-refractivity contribution < 1.29 is 9.59 Å². The van der Waals surface area contributed by atoms with Crippen LogP contribution >= 0.6 is 0 Å². The zero-order chi connectivity index (χ0) is 22.3. The van der Waals surface area contributed by atoms with Crippen LogP contribution in [-0.2, 0) is 9.59 Å². The number of nitrogens with zero attached hydrogens (tertiary/aromatic N) is 1. The largest absolute Gasteiger partial charge is 0.386 e. The highest BCUT2D eigenvalue weighted by Crippen LogP contribution is 2.04. The maximum atomic E-state index is 11.4. The molecule has 2 atom stereocenters. The Kier molecular flexibility index (Phi) is 15.9. The summed E-state index contributed by atoms with van der Waals surface area (Å²) in [6.45, 7) is 12.2. The standard InChI is InChI=1S/C10H21N3O.C9H20N4O/c1-7(2)10(14)9(12)5-4-6-13-8(3)11;1-6(2)8(14)7(10)4-3-5-13-9(11)12/h7,9,13H,3-6,11-12H2,1-2H3;6-7H,3-5,10H2,1-2H3,(H4,11,12,13)/t9-;7-/m10/s1. The Balaban J connectivity index is 0. The highest BCUT2D eigenvalue weighted by molar-refractivity contribution is 5.85. The summed E-state index contributed by atoms with van der Waals surface area (Å²) in [6.07, 6.45) is 2.89. The van der Waals surface area contributed by atoms with Gasteiger partial charge >= 0.3 is 0 Å². The molecule has 0 bridgehead atoms. The summed E-state index contributed by atoms with van der Waals surface area (Å²) in [5, 5.41) is 2.89. The Morgan fingerprint density at radius 1 is 0.893 bits per heavy atom. The second kappa shape index (κ2) is 15.9. The second-order valence-electron chi connectivity index (χ2n) is 7.37. The van der Waals surface area contributed by atoms with E-state index >= 15 is 0 Å². The van der Waals surface area contributed by atoms with Gasteiger partial charge in [-0.25, -0.2) is 0 Å². The first-order chi connectivity index (χ1) is 12.9. The zero-order valence-electron chi connectivity index (χ0n) is 17.9. The van der Waals surface area contributed by atoms with Gasteiger partial charge in [0.15, 0.2) is 17.5 Å². The third kappa shape index (κ3) is 16.1. The molecule has 0 aliphatic carbocycles. The minimum Gasteiger partial charge on any atom is -0.386 e. The van der Waals surface area contributed by atoms with Crippen molar-refractivity contribution in [3.8, 4) is 0 Å². The summed E-state index contributed by atoms with van der Waals surface area (Å²) in [4.78, 5) is 26.5. The van der Waals surface area contributed by atoms with E-state index in [2.05, 4.69) is 16.9 Å². The van der Waals surface area contributed by atoms with E-state index in [1.54, 1.807) is 0 Å². The van der Waals surface area contributed by atoms with Gasteiger partial charge in [0.2, 0.25) is 0 Å². The highest BCUT2D eigenvalue weighted by Gasteiger charge is 2.16. The summed E-state index contributed by atoms with van der Waals surface area (Å²) in [5.74, 6) is 0.754. The molecule has 0 aliphatic heterocycles. The molecule has 9 nitrogen and oxygen atoms in total. The van der Waals surface area contributed by atoms with Gasteiger partial charge < -0.3 is 34.0 Å². The van der Waals surface area contributed by atoms with Crippen LogP contribution in [0.15, 0.2) is 17.4 Å². The van der Waals surface area contributed by atoms with Crippen molar-refractivity contribution in [1.82, 2.24) is 5.32 Å². The normalized spacial score (nSPS) is 12.6. The van der Waals surface area contributed by atoms with Gasteiger partial charge in [-0.05, 0) is 25.7 Å². The Morgan fingerprint density at radius 2 is 1.32 bits per heavy atom. The Hall–Kier alpha value is -2.13. The van der Waals surface area contributed by atoms with Crippen molar-refractivity contribution >= 4 is 17.5 Å². The minimum atomic E-state index is -0.385. The average Bonchev–Trinajstić information content (AvgIpc) is 2.60. The maximum absolute atomic E-state index is 11.4. The van der Waals surface area contributed by atoms with Crippen molar-refractivity contribution in [2.45, 2.75) is 65.5 Å². The molecule has 9 heteroatoms. The fraction of sp³-hybridized carbons (Fsp3) is 0.737. The van der Waals surface area contributed by atoms with E-state index in [9.17, 15) is 9.59 Å². The molecule has 0 fully saturated rings. The van der Waals surface area contributed by atoms with E-state index in [1.165, 1.54) is 0 Å². The molecule has 164 valence electrons. The van der Waals surface area contributed by atoms with Gasteiger partial charge in [-0.2, -0.15) is 0 Å². The predicted octanol–water partition coefficient (Wildman–Crippen LogP) is -0.0691. The van der Waals surface area contributed by atoms with E-state index in [4.69, 9.17) is 28.7 Å². The number of aliphatic imine (C=N–C) groups is 1. The lowest BCUT2D eigenvalue weighted by Crippen LogP contribution is -2.34. The van der Waals surface area contributed by atoms with Crippen LogP contribution in [-0.4, -0.2) is 42.7 Å². The van der Waals surface area contributed by atoms with Crippen LogP contribution < -0.4 is 34.0 Å². The van der Waals surface area contributed by atoms with Gasteiger partial charge in [-0.1, -0.05) is 34.3 Å². The first-order valence-electron chi connectivity index (χ1n) is 9.72. The van der Waals surface area contributed by atoms with Crippen molar-refractivity contribution in [3.05, 3.63) is 12.4 Å². The van der Waals surface area contributed by atoms with Crippen LogP contribution in [0.25, 0.3) is 0 Å². The van der Waals surface area contributed by atoms with Crippen LogP contribution in [0, 0.1) is 11.8 Å². The maximum Gasteiger partial charge on any atom is 0.185 e. The van der Waals surface area contributed by atoms with Gasteiger partial charge in [-0.15, -0.1) is 0 Å². The molecule has 0 radical (unpaired) electrons. The molecule has 0 saturated carbocycles. The molecule has 0 aromatic rings. The molecular weight excluding hydrogens is 358 g/mol. The number of carbonyl (C=O) groups excluding carboxylic acids is 2. The first kappa shape index (κ1) is 28.1. The first-order valence-corrected chi connectivity index (χ1v) is 9.72. The second-order valence-corrected chi connectivity index (χ2v) is 7.37. The van der Waals surface area contributed by atoms with Gasteiger partial charge in [0.25, 0.3) is 0 Å². The lowest BCUT2D eigenvalue weighted by molar-refractivity contribution is -0.124. The minimum absolute atomic E-state index is 0.00641. The van der Waals surface area contributed by atoms with E-state index in [0.29, 0.717) is 31.8 Å². The molecule has 0 aromatic heterocycles. The molecule has 0 rings (SSSR count). The third-order valence-electron chi connectivity index (χ3n) is 3.88. The lowest BCUT2D eigenvalue weighted by Gasteiger charge is -2.13. The van der Waals surface area contributed by atoms with Crippen LogP contribution in [0.5, 0.6) is 0 Å². The molecule has 0 aromatic carbocycles. The molecule has 0 heterocycles. The van der Waals surface area contributed by atoms with Crippen molar-refractivity contribution in [1.29, 1.82) is 0 Å². The fourth-order valence-corrected chi connectivity index (χ4v) is 2.23. The van der Waals surface area contributed by atoms with Crippen LogP contribution in [0.4, 0.5) is 0 Å². The van der Waals surface area contributed by atoms with E-state index in [0.717, 1.165) is 12.8 Å². The Morgan fingerprint density at radius 3 is 1.68 bits per heavy atom. The van der Waals surface area contributed by atoms with Crippen LogP contribution in [0.3, 0.4) is 0 Å². The molecule has 0 saturated heterocycles. The number of rotatable bonds is 13. The number of hydrogen-bond donors (Lipinski definition) is 6. The summed E-state index contributed by atoms with van der Waals surface area (Å²) in [6, 6.07) is -0.730. The smallest absolute Gasteiger partial charge is 0.185 e. The zero-order valence-corrected chi connectivity index (χ0v) is 17.9. The molecule has 0 spiro atoms. The quantitative estimate of drug-likeness (QED) is 0.141. The Bertz CT molecular complexity index is 501. The van der Waals surface area contributed by atoms with Crippen molar-refractivity contribution in [2.75, 3.05) is 13.1 Å². The topological polar surface area (TPSA) is 189 Å². The number of hydrogen-bond acceptors (Lipinski definition) is 7. The molecular formula is C19H41N7O2. The molecule has 11 N–H and O–H groups in total. The number of nitrogens with two attached hydrogens (primary N) is 5. The van der Waals surface area contributed by atoms with Gasteiger partial charge in [0.05, 0.1) is 17.9 Å². The summed E-state index contributed by atoms with van der Waals surface area (Å²) in [5.41, 5.74) is 27.0. The fourth-order valence-electron chi connectivity index (χ4n) is 2.23. The van der Waals surface area contributed by atoms with Crippen LogP contribution in [0.2, 0.25) is 0 Å². The molecule has 28 heavy (non-hydrogen) atoms. The van der Waals surface area contributed by atoms with Crippen molar-refractivity contribution in [2.24, 2.45) is 45.5 Å². The predicted molar refractivity (Wildman–Crippen MR) is 116 cm³/mol. The summed E-state index contributed by atoms with van der Waals surface area (Å²) < 4.78 is 0. The van der Waals surface area contributed by atoms with Crippen LogP contribution in [0.1, 0.15) is 53.4 Å². The SMILES string of the molecule is C=C(N)NCCC[C@@H](N)C(=O)C(C)C.CC(C)C(=O)[C@@H](N)CCCN=C(N)N. The average molecular weight is 400 g/mol. The highest BCUT2D eigenvalue weighted by atomic mass is 16.1. The number of nitrogens with one attached hydrogen (secondary N) is 1. The number of guanidine groups is 1. The van der Waals surface area contributed by atoms with Gasteiger partial charge in [0.1, 0.15) is 0 Å². The summed E-state index contributed by atoms with van der Waals surface area (Å²) >= 11 is 0. The summed E-state index contributed by atoms with van der Waals surface area (Å²) in [7, 11) is 0. The molecule has 0 amide bonds. The number of ketones is 2. The molecule has 0 unspecified atom stereocenters. The van der Waals surface area contributed by atoms with E-state index in [-0.39, 0.29) is 41.4 Å². The van der Waals surface area contributed by atoms with Crippen molar-refractivity contribution in [3.63, 3.8) is 0 Å². The monoisotopic (exact) mass is 399 g/mol. The van der Waals surface area contributed by atoms with E-state index < -0.39 is 0 Å². The van der Waals surface area contributed by atoms with Gasteiger partial charge in [0, 0.05) is 24.9 Å². The Labute approximate surface area is 169 Å². The molecule has 0 aliphatic rings.